The average Bonchev–Trinajstić information content (AvgIpc) is 3.46. The average molecular weight is 378 g/mol. The van der Waals surface area contributed by atoms with Crippen molar-refractivity contribution in [2.45, 2.75) is 25.0 Å². The number of likely N-dealkylation sites (N-methyl/N-ethyl adjacent to an activating group) is 1. The first-order chi connectivity index (χ1) is 13.6. The second-order valence-corrected chi connectivity index (χ2v) is 8.24. The SMILES string of the molecule is COc1cccc(-c2ccc3c(c2)OC2CN(CC4CC4)CC2N(C)C3=O)c1. The van der Waals surface area contributed by atoms with E-state index in [1.54, 1.807) is 7.11 Å². The van der Waals surface area contributed by atoms with Crippen LogP contribution in [0.2, 0.25) is 0 Å². The molecule has 0 spiro atoms. The van der Waals surface area contributed by atoms with Crippen molar-refractivity contribution >= 4 is 5.91 Å². The molecule has 1 amide bonds. The van der Waals surface area contributed by atoms with Gasteiger partial charge in [-0.1, -0.05) is 18.2 Å². The topological polar surface area (TPSA) is 42.0 Å². The minimum atomic E-state index is 0.0227. The van der Waals surface area contributed by atoms with Crippen molar-refractivity contribution in [3.63, 3.8) is 0 Å². The van der Waals surface area contributed by atoms with Crippen molar-refractivity contribution in [1.29, 1.82) is 0 Å². The van der Waals surface area contributed by atoms with Gasteiger partial charge in [-0.15, -0.1) is 0 Å². The molecule has 28 heavy (non-hydrogen) atoms. The summed E-state index contributed by atoms with van der Waals surface area (Å²) in [5.74, 6) is 2.40. The predicted molar refractivity (Wildman–Crippen MR) is 108 cm³/mol. The Morgan fingerprint density at radius 3 is 2.71 bits per heavy atom. The number of hydrogen-bond donors (Lipinski definition) is 0. The second-order valence-electron chi connectivity index (χ2n) is 8.24. The Hall–Kier alpha value is -2.53. The number of hydrogen-bond acceptors (Lipinski definition) is 4. The number of likely N-dealkylation sites (tertiary alicyclic amines) is 1. The third-order valence-corrected chi connectivity index (χ3v) is 6.24. The summed E-state index contributed by atoms with van der Waals surface area (Å²) in [5.41, 5.74) is 2.73. The molecule has 2 aromatic carbocycles. The molecular weight excluding hydrogens is 352 g/mol. The molecule has 146 valence electrons. The first-order valence-corrected chi connectivity index (χ1v) is 10.1. The lowest BCUT2D eigenvalue weighted by Crippen LogP contribution is -2.44. The Bertz CT molecular complexity index is 908. The van der Waals surface area contributed by atoms with E-state index in [9.17, 15) is 4.79 Å². The summed E-state index contributed by atoms with van der Waals surface area (Å²) >= 11 is 0. The third-order valence-electron chi connectivity index (χ3n) is 6.24. The molecule has 2 atom stereocenters. The predicted octanol–water partition coefficient (Wildman–Crippen LogP) is 3.29. The van der Waals surface area contributed by atoms with Gasteiger partial charge >= 0.3 is 0 Å². The second kappa shape index (κ2) is 6.82. The van der Waals surface area contributed by atoms with Crippen LogP contribution in [0.1, 0.15) is 23.2 Å². The zero-order valence-electron chi connectivity index (χ0n) is 16.4. The Labute approximate surface area is 165 Å². The lowest BCUT2D eigenvalue weighted by Gasteiger charge is -2.25. The quantitative estimate of drug-likeness (QED) is 0.819. The van der Waals surface area contributed by atoms with E-state index >= 15 is 0 Å². The van der Waals surface area contributed by atoms with Crippen LogP contribution in [-0.2, 0) is 0 Å². The van der Waals surface area contributed by atoms with Crippen molar-refractivity contribution in [2.24, 2.45) is 5.92 Å². The number of carbonyl (C=O) groups excluding carboxylic acids is 1. The maximum Gasteiger partial charge on any atom is 0.257 e. The number of amides is 1. The maximum atomic E-state index is 13.1. The third kappa shape index (κ3) is 3.14. The van der Waals surface area contributed by atoms with Gasteiger partial charge in [-0.05, 0) is 54.2 Å². The van der Waals surface area contributed by atoms with Gasteiger partial charge in [0.1, 0.15) is 17.6 Å². The maximum absolute atomic E-state index is 13.1. The molecule has 1 saturated carbocycles. The fraction of sp³-hybridized carbons (Fsp3) is 0.435. The summed E-state index contributed by atoms with van der Waals surface area (Å²) < 4.78 is 11.8. The molecule has 5 nitrogen and oxygen atoms in total. The number of rotatable bonds is 4. The summed E-state index contributed by atoms with van der Waals surface area (Å²) in [7, 11) is 3.58. The van der Waals surface area contributed by atoms with Crippen molar-refractivity contribution in [1.82, 2.24) is 9.80 Å². The molecule has 2 fully saturated rings. The monoisotopic (exact) mass is 378 g/mol. The van der Waals surface area contributed by atoms with Crippen LogP contribution in [-0.4, -0.2) is 61.6 Å². The van der Waals surface area contributed by atoms with E-state index in [2.05, 4.69) is 4.90 Å². The first-order valence-electron chi connectivity index (χ1n) is 10.1. The van der Waals surface area contributed by atoms with E-state index in [1.165, 1.54) is 12.8 Å². The van der Waals surface area contributed by atoms with Gasteiger partial charge in [0.2, 0.25) is 0 Å². The highest BCUT2D eigenvalue weighted by molar-refractivity contribution is 5.98. The van der Waals surface area contributed by atoms with E-state index < -0.39 is 0 Å². The number of ether oxygens (including phenoxy) is 2. The van der Waals surface area contributed by atoms with Crippen LogP contribution in [0.4, 0.5) is 0 Å². The van der Waals surface area contributed by atoms with Gasteiger partial charge in [0, 0.05) is 26.7 Å². The Kier molecular flexibility index (Phi) is 4.27. The summed E-state index contributed by atoms with van der Waals surface area (Å²) in [4.78, 5) is 17.4. The van der Waals surface area contributed by atoms with Gasteiger partial charge < -0.3 is 14.4 Å². The molecule has 0 aromatic heterocycles. The van der Waals surface area contributed by atoms with Crippen LogP contribution in [0.25, 0.3) is 11.1 Å². The van der Waals surface area contributed by atoms with E-state index in [1.807, 2.05) is 54.4 Å². The summed E-state index contributed by atoms with van der Waals surface area (Å²) in [6.07, 6.45) is 2.71. The minimum Gasteiger partial charge on any atom is -0.497 e. The molecule has 2 heterocycles. The number of fused-ring (bicyclic) bond motifs is 2. The van der Waals surface area contributed by atoms with Crippen molar-refractivity contribution in [3.8, 4) is 22.6 Å². The van der Waals surface area contributed by atoms with Gasteiger partial charge in [0.05, 0.1) is 18.7 Å². The molecule has 5 rings (SSSR count). The molecule has 1 aliphatic carbocycles. The van der Waals surface area contributed by atoms with Crippen molar-refractivity contribution < 1.29 is 14.3 Å². The first kappa shape index (κ1) is 17.6. The smallest absolute Gasteiger partial charge is 0.257 e. The molecular formula is C23H26N2O3. The number of carbonyl (C=O) groups is 1. The highest BCUT2D eigenvalue weighted by Gasteiger charge is 2.43. The number of nitrogens with zero attached hydrogens (tertiary/aromatic N) is 2. The van der Waals surface area contributed by atoms with Gasteiger partial charge in [0.25, 0.3) is 5.91 Å². The summed E-state index contributed by atoms with van der Waals surface area (Å²) in [6, 6.07) is 13.9. The van der Waals surface area contributed by atoms with Crippen LogP contribution in [0.3, 0.4) is 0 Å². The fourth-order valence-electron chi connectivity index (χ4n) is 4.42. The largest absolute Gasteiger partial charge is 0.497 e. The Morgan fingerprint density at radius 1 is 1.11 bits per heavy atom. The van der Waals surface area contributed by atoms with Gasteiger partial charge in [0.15, 0.2) is 0 Å². The van der Waals surface area contributed by atoms with E-state index in [0.29, 0.717) is 11.3 Å². The molecule has 0 radical (unpaired) electrons. The fourth-order valence-corrected chi connectivity index (χ4v) is 4.42. The molecule has 2 aliphatic heterocycles. The highest BCUT2D eigenvalue weighted by atomic mass is 16.5. The zero-order valence-corrected chi connectivity index (χ0v) is 16.4. The molecule has 5 heteroatoms. The highest BCUT2D eigenvalue weighted by Crippen LogP contribution is 2.36. The Morgan fingerprint density at radius 2 is 1.93 bits per heavy atom. The zero-order chi connectivity index (χ0) is 19.3. The van der Waals surface area contributed by atoms with Crippen LogP contribution < -0.4 is 9.47 Å². The Balaban J connectivity index is 1.46. The van der Waals surface area contributed by atoms with Crippen LogP contribution >= 0.6 is 0 Å². The van der Waals surface area contributed by atoms with Crippen molar-refractivity contribution in [3.05, 3.63) is 48.0 Å². The molecule has 3 aliphatic rings. The minimum absolute atomic E-state index is 0.0227. The van der Waals surface area contributed by atoms with Gasteiger partial charge in [-0.3, -0.25) is 9.69 Å². The van der Waals surface area contributed by atoms with Crippen molar-refractivity contribution in [2.75, 3.05) is 33.8 Å². The number of benzene rings is 2. The molecule has 2 unspecified atom stereocenters. The lowest BCUT2D eigenvalue weighted by atomic mass is 10.0. The number of methoxy groups -OCH3 is 1. The van der Waals surface area contributed by atoms with Crippen LogP contribution in [0.15, 0.2) is 42.5 Å². The lowest BCUT2D eigenvalue weighted by molar-refractivity contribution is 0.0682. The van der Waals surface area contributed by atoms with Crippen LogP contribution in [0, 0.1) is 5.92 Å². The van der Waals surface area contributed by atoms with Gasteiger partial charge in [-0.2, -0.15) is 0 Å². The molecule has 0 N–H and O–H groups in total. The molecule has 1 saturated heterocycles. The van der Waals surface area contributed by atoms with E-state index in [0.717, 1.165) is 42.4 Å². The van der Waals surface area contributed by atoms with Crippen LogP contribution in [0.5, 0.6) is 11.5 Å². The van der Waals surface area contributed by atoms with E-state index in [-0.39, 0.29) is 18.1 Å². The summed E-state index contributed by atoms with van der Waals surface area (Å²) in [6.45, 7) is 2.93. The standard InChI is InChI=1S/C23H26N2O3/c1-24-20-13-25(12-15-6-7-15)14-22(20)28-21-11-17(8-9-19(21)23(24)26)16-4-3-5-18(10-16)27-2/h3-5,8-11,15,20,22H,6-7,12-14H2,1-2H3. The summed E-state index contributed by atoms with van der Waals surface area (Å²) in [5, 5.41) is 0. The van der Waals surface area contributed by atoms with E-state index in [4.69, 9.17) is 9.47 Å². The molecule has 2 aromatic rings. The normalized spacial score (nSPS) is 24.4. The molecule has 0 bridgehead atoms. The van der Waals surface area contributed by atoms with Gasteiger partial charge in [-0.25, -0.2) is 0 Å².